The van der Waals surface area contributed by atoms with Gasteiger partial charge in [-0.3, -0.25) is 4.79 Å². The number of carbonyl (C=O) groups excluding carboxylic acids is 1. The molecule has 1 atom stereocenters. The molecule has 4 nitrogen and oxygen atoms in total. The van der Waals surface area contributed by atoms with Crippen LogP contribution in [0, 0.1) is 0 Å². The normalized spacial score (nSPS) is 16.6. The number of aromatic nitrogens is 1. The van der Waals surface area contributed by atoms with Gasteiger partial charge in [0.25, 0.3) is 0 Å². The smallest absolute Gasteiger partial charge is 0.180 e. The van der Waals surface area contributed by atoms with Crippen LogP contribution in [0.25, 0.3) is 32.9 Å². The highest BCUT2D eigenvalue weighted by molar-refractivity contribution is 6.19. The van der Waals surface area contributed by atoms with Crippen molar-refractivity contribution in [2.45, 2.75) is 18.9 Å². The van der Waals surface area contributed by atoms with Gasteiger partial charge in [0.1, 0.15) is 0 Å². The minimum atomic E-state index is -0.115. The summed E-state index contributed by atoms with van der Waals surface area (Å²) in [6.07, 6.45) is 1.92. The van der Waals surface area contributed by atoms with E-state index < -0.39 is 0 Å². The lowest BCUT2D eigenvalue weighted by Gasteiger charge is -2.16. The number of para-hydroxylation sites is 1. The maximum absolute atomic E-state index is 13.3. The van der Waals surface area contributed by atoms with E-state index >= 15 is 0 Å². The van der Waals surface area contributed by atoms with Gasteiger partial charge in [-0.05, 0) is 49.2 Å². The van der Waals surface area contributed by atoms with Crippen LogP contribution in [-0.4, -0.2) is 23.4 Å². The summed E-state index contributed by atoms with van der Waals surface area (Å²) in [6, 6.07) is 21.7. The largest absolute Gasteiger partial charge is 0.399 e. The molecule has 0 amide bonds. The molecular formula is C24H21N3O. The molecule has 3 N–H and O–H groups in total. The molecule has 0 spiro atoms. The number of anilines is 1. The van der Waals surface area contributed by atoms with Crippen molar-refractivity contribution in [3.8, 4) is 11.1 Å². The fourth-order valence-electron chi connectivity index (χ4n) is 4.19. The first kappa shape index (κ1) is 16.9. The number of carbonyl (C=O) groups is 1. The third-order valence-corrected chi connectivity index (χ3v) is 5.55. The SMILES string of the molecule is Nc1ccc(-c2c3ccccc3nc3cccc(C(=O)[C@@H]4CCCN4)c23)cc1. The minimum Gasteiger partial charge on any atom is -0.399 e. The molecule has 2 heterocycles. The van der Waals surface area contributed by atoms with Gasteiger partial charge in [0.2, 0.25) is 0 Å². The molecule has 4 heteroatoms. The third-order valence-electron chi connectivity index (χ3n) is 5.55. The van der Waals surface area contributed by atoms with Crippen LogP contribution in [0.3, 0.4) is 0 Å². The van der Waals surface area contributed by atoms with Gasteiger partial charge in [0.05, 0.1) is 17.1 Å². The van der Waals surface area contributed by atoms with Gasteiger partial charge in [-0.1, -0.05) is 42.5 Å². The standard InChI is InChI=1S/C24H21N3O/c25-16-12-10-15(11-13-16)22-17-5-1-2-7-19(17)27-20-8-3-6-18(23(20)22)24(28)21-9-4-14-26-21/h1-3,5-8,10-13,21,26H,4,9,14,25H2/t21-/m0/s1. The number of fused-ring (bicyclic) bond motifs is 2. The number of ketones is 1. The molecule has 138 valence electrons. The number of rotatable bonds is 3. The van der Waals surface area contributed by atoms with E-state index in [1.54, 1.807) is 0 Å². The number of pyridine rings is 1. The van der Waals surface area contributed by atoms with Crippen molar-refractivity contribution in [2.24, 2.45) is 0 Å². The summed E-state index contributed by atoms with van der Waals surface area (Å²) in [5, 5.41) is 5.30. The van der Waals surface area contributed by atoms with Crippen molar-refractivity contribution < 1.29 is 4.79 Å². The van der Waals surface area contributed by atoms with Crippen molar-refractivity contribution in [2.75, 3.05) is 12.3 Å². The molecule has 4 aromatic rings. The van der Waals surface area contributed by atoms with E-state index in [1.807, 2.05) is 60.7 Å². The van der Waals surface area contributed by atoms with Gasteiger partial charge < -0.3 is 11.1 Å². The number of nitrogen functional groups attached to an aromatic ring is 1. The summed E-state index contributed by atoms with van der Waals surface area (Å²) in [4.78, 5) is 18.2. The second-order valence-electron chi connectivity index (χ2n) is 7.34. The molecule has 3 aromatic carbocycles. The Morgan fingerprint density at radius 3 is 2.54 bits per heavy atom. The maximum atomic E-state index is 13.3. The molecule has 0 radical (unpaired) electrons. The highest BCUT2D eigenvalue weighted by Gasteiger charge is 2.26. The summed E-state index contributed by atoms with van der Waals surface area (Å²) in [5.41, 5.74) is 11.2. The fraction of sp³-hybridized carbons (Fsp3) is 0.167. The van der Waals surface area contributed by atoms with Crippen LogP contribution in [-0.2, 0) is 0 Å². The Kier molecular flexibility index (Phi) is 4.06. The molecule has 1 saturated heterocycles. The predicted octanol–water partition coefficient (Wildman–Crippen LogP) is 4.57. The Hall–Kier alpha value is -3.24. The highest BCUT2D eigenvalue weighted by atomic mass is 16.1. The van der Waals surface area contributed by atoms with Crippen molar-refractivity contribution in [1.29, 1.82) is 0 Å². The molecule has 0 unspecified atom stereocenters. The van der Waals surface area contributed by atoms with E-state index in [2.05, 4.69) is 11.4 Å². The van der Waals surface area contributed by atoms with E-state index in [-0.39, 0.29) is 11.8 Å². The van der Waals surface area contributed by atoms with Crippen LogP contribution in [0.4, 0.5) is 5.69 Å². The van der Waals surface area contributed by atoms with Crippen LogP contribution >= 0.6 is 0 Å². The lowest BCUT2D eigenvalue weighted by atomic mass is 9.90. The van der Waals surface area contributed by atoms with Crippen molar-refractivity contribution in [3.05, 3.63) is 72.3 Å². The average molecular weight is 367 g/mol. The summed E-state index contributed by atoms with van der Waals surface area (Å²) >= 11 is 0. The maximum Gasteiger partial charge on any atom is 0.180 e. The van der Waals surface area contributed by atoms with Crippen LogP contribution in [0.1, 0.15) is 23.2 Å². The van der Waals surface area contributed by atoms with Gasteiger partial charge in [-0.15, -0.1) is 0 Å². The van der Waals surface area contributed by atoms with Gasteiger partial charge >= 0.3 is 0 Å². The first-order chi connectivity index (χ1) is 13.7. The molecule has 1 aliphatic heterocycles. The third kappa shape index (κ3) is 2.74. The fourth-order valence-corrected chi connectivity index (χ4v) is 4.19. The Morgan fingerprint density at radius 2 is 1.75 bits per heavy atom. The Balaban J connectivity index is 1.86. The van der Waals surface area contributed by atoms with Crippen molar-refractivity contribution >= 4 is 33.3 Å². The molecule has 1 fully saturated rings. The van der Waals surface area contributed by atoms with Crippen LogP contribution in [0.2, 0.25) is 0 Å². The molecule has 0 saturated carbocycles. The summed E-state index contributed by atoms with van der Waals surface area (Å²) < 4.78 is 0. The van der Waals surface area contributed by atoms with E-state index in [0.717, 1.165) is 63.6 Å². The number of nitrogens with one attached hydrogen (secondary N) is 1. The zero-order valence-corrected chi connectivity index (χ0v) is 15.5. The average Bonchev–Trinajstić information content (AvgIpc) is 3.27. The van der Waals surface area contributed by atoms with Crippen molar-refractivity contribution in [1.82, 2.24) is 10.3 Å². The molecule has 1 aromatic heterocycles. The van der Waals surface area contributed by atoms with Gasteiger partial charge in [-0.2, -0.15) is 0 Å². The van der Waals surface area contributed by atoms with E-state index in [4.69, 9.17) is 10.7 Å². The molecule has 0 bridgehead atoms. The molecule has 0 aliphatic carbocycles. The zero-order chi connectivity index (χ0) is 19.1. The van der Waals surface area contributed by atoms with Crippen LogP contribution in [0.15, 0.2) is 66.7 Å². The van der Waals surface area contributed by atoms with Crippen molar-refractivity contribution in [3.63, 3.8) is 0 Å². The number of nitrogens with two attached hydrogens (primary N) is 1. The van der Waals surface area contributed by atoms with E-state index in [0.29, 0.717) is 0 Å². The number of hydrogen-bond acceptors (Lipinski definition) is 4. The lowest BCUT2D eigenvalue weighted by molar-refractivity contribution is 0.0954. The Morgan fingerprint density at radius 1 is 0.964 bits per heavy atom. The summed E-state index contributed by atoms with van der Waals surface area (Å²) in [6.45, 7) is 0.896. The number of hydrogen-bond donors (Lipinski definition) is 2. The Bertz CT molecular complexity index is 1190. The Labute approximate surface area is 163 Å². The van der Waals surface area contributed by atoms with Gasteiger partial charge in [0.15, 0.2) is 5.78 Å². The first-order valence-corrected chi connectivity index (χ1v) is 9.67. The zero-order valence-electron chi connectivity index (χ0n) is 15.5. The minimum absolute atomic E-state index is 0.115. The summed E-state index contributed by atoms with van der Waals surface area (Å²) in [5.74, 6) is 0.150. The summed E-state index contributed by atoms with van der Waals surface area (Å²) in [7, 11) is 0. The molecule has 1 aliphatic rings. The van der Waals surface area contributed by atoms with Crippen LogP contribution < -0.4 is 11.1 Å². The number of nitrogens with zero attached hydrogens (tertiary/aromatic N) is 1. The van der Waals surface area contributed by atoms with E-state index in [9.17, 15) is 4.79 Å². The number of Topliss-reactive ketones (excluding diaryl/α,β-unsaturated/α-hetero) is 1. The number of benzene rings is 3. The van der Waals surface area contributed by atoms with Gasteiger partial charge in [0, 0.05) is 27.6 Å². The molecule has 5 rings (SSSR count). The predicted molar refractivity (Wildman–Crippen MR) is 114 cm³/mol. The monoisotopic (exact) mass is 367 g/mol. The topological polar surface area (TPSA) is 68.0 Å². The quantitative estimate of drug-likeness (QED) is 0.316. The van der Waals surface area contributed by atoms with E-state index in [1.165, 1.54) is 0 Å². The lowest BCUT2D eigenvalue weighted by Crippen LogP contribution is -2.30. The van der Waals surface area contributed by atoms with Gasteiger partial charge in [-0.25, -0.2) is 4.98 Å². The second kappa shape index (κ2) is 6.73. The van der Waals surface area contributed by atoms with Crippen LogP contribution in [0.5, 0.6) is 0 Å². The highest BCUT2D eigenvalue weighted by Crippen LogP contribution is 2.37. The molecular weight excluding hydrogens is 346 g/mol. The molecule has 28 heavy (non-hydrogen) atoms. The second-order valence-corrected chi connectivity index (χ2v) is 7.34. The first-order valence-electron chi connectivity index (χ1n) is 9.67.